The highest BCUT2D eigenvalue weighted by Crippen LogP contribution is 2.22. The average molecular weight is 300 g/mol. The summed E-state index contributed by atoms with van der Waals surface area (Å²) in [5, 5.41) is 4.07. The summed E-state index contributed by atoms with van der Waals surface area (Å²) in [5.41, 5.74) is 1.000. The van der Waals surface area contributed by atoms with Gasteiger partial charge in [-0.3, -0.25) is 0 Å². The van der Waals surface area contributed by atoms with Crippen LogP contribution in [0, 0.1) is 5.82 Å². The van der Waals surface area contributed by atoms with Gasteiger partial charge in [0.2, 0.25) is 0 Å². The molecule has 2 atom stereocenters. The fraction of sp³-hybridized carbons (Fsp3) is 0.625. The number of benzene rings is 1. The van der Waals surface area contributed by atoms with Gasteiger partial charge < -0.3 is 10.1 Å². The van der Waals surface area contributed by atoms with Crippen LogP contribution in [-0.4, -0.2) is 25.3 Å². The molecule has 0 aliphatic carbocycles. The maximum atomic E-state index is 13.1. The van der Waals surface area contributed by atoms with Crippen molar-refractivity contribution in [1.82, 2.24) is 5.32 Å². The zero-order valence-corrected chi connectivity index (χ0v) is 12.8. The SMILES string of the molecule is CCCNC(Cc1ccc(F)cc1Cl)CC1CCCO1. The van der Waals surface area contributed by atoms with Gasteiger partial charge in [-0.25, -0.2) is 4.39 Å². The second-order valence-electron chi connectivity index (χ2n) is 5.46. The zero-order chi connectivity index (χ0) is 14.4. The number of hydrogen-bond acceptors (Lipinski definition) is 2. The van der Waals surface area contributed by atoms with E-state index in [1.54, 1.807) is 6.07 Å². The zero-order valence-electron chi connectivity index (χ0n) is 12.0. The van der Waals surface area contributed by atoms with Gasteiger partial charge in [0.1, 0.15) is 5.82 Å². The lowest BCUT2D eigenvalue weighted by molar-refractivity contribution is 0.0946. The lowest BCUT2D eigenvalue weighted by Crippen LogP contribution is -2.35. The summed E-state index contributed by atoms with van der Waals surface area (Å²) in [6.07, 6.45) is 5.55. The Morgan fingerprint density at radius 3 is 3.00 bits per heavy atom. The highest BCUT2D eigenvalue weighted by molar-refractivity contribution is 6.31. The first kappa shape index (κ1) is 15.7. The largest absolute Gasteiger partial charge is 0.378 e. The van der Waals surface area contributed by atoms with Crippen molar-refractivity contribution in [2.75, 3.05) is 13.2 Å². The molecule has 4 heteroatoms. The lowest BCUT2D eigenvalue weighted by atomic mass is 9.99. The van der Waals surface area contributed by atoms with Crippen LogP contribution in [0.5, 0.6) is 0 Å². The number of rotatable bonds is 7. The van der Waals surface area contributed by atoms with E-state index in [1.807, 2.05) is 0 Å². The molecule has 1 fully saturated rings. The van der Waals surface area contributed by atoms with Crippen LogP contribution in [0.25, 0.3) is 0 Å². The minimum atomic E-state index is -0.282. The highest BCUT2D eigenvalue weighted by Gasteiger charge is 2.21. The molecule has 0 bridgehead atoms. The predicted molar refractivity (Wildman–Crippen MR) is 80.8 cm³/mol. The Morgan fingerprint density at radius 2 is 2.35 bits per heavy atom. The number of halogens is 2. The van der Waals surface area contributed by atoms with E-state index >= 15 is 0 Å². The minimum absolute atomic E-state index is 0.282. The van der Waals surface area contributed by atoms with Crippen LogP contribution in [0.1, 0.15) is 38.2 Å². The van der Waals surface area contributed by atoms with Gasteiger partial charge in [-0.05, 0) is 56.3 Å². The first-order chi connectivity index (χ1) is 9.69. The molecule has 1 aromatic rings. The molecule has 2 nitrogen and oxygen atoms in total. The molecule has 1 heterocycles. The van der Waals surface area contributed by atoms with E-state index in [4.69, 9.17) is 16.3 Å². The number of nitrogens with one attached hydrogen (secondary N) is 1. The lowest BCUT2D eigenvalue weighted by Gasteiger charge is -2.22. The third-order valence-corrected chi connectivity index (χ3v) is 4.09. The standard InChI is InChI=1S/C16H23ClFNO/c1-2-7-19-14(11-15-4-3-8-20-15)9-12-5-6-13(18)10-16(12)17/h5-6,10,14-15,19H,2-4,7-9,11H2,1H3. The van der Waals surface area contributed by atoms with Crippen LogP contribution in [-0.2, 0) is 11.2 Å². The summed E-state index contributed by atoms with van der Waals surface area (Å²) in [6, 6.07) is 4.98. The molecule has 0 aromatic heterocycles. The van der Waals surface area contributed by atoms with Gasteiger partial charge in [0.15, 0.2) is 0 Å². The van der Waals surface area contributed by atoms with Crippen molar-refractivity contribution in [3.8, 4) is 0 Å². The second-order valence-corrected chi connectivity index (χ2v) is 5.87. The van der Waals surface area contributed by atoms with E-state index in [9.17, 15) is 4.39 Å². The van der Waals surface area contributed by atoms with Crippen molar-refractivity contribution in [3.05, 3.63) is 34.6 Å². The molecule has 1 aromatic carbocycles. The van der Waals surface area contributed by atoms with E-state index in [2.05, 4.69) is 12.2 Å². The van der Waals surface area contributed by atoms with Gasteiger partial charge in [-0.15, -0.1) is 0 Å². The average Bonchev–Trinajstić information content (AvgIpc) is 2.92. The Kier molecular flexibility index (Phi) is 6.27. The van der Waals surface area contributed by atoms with Crippen LogP contribution < -0.4 is 5.32 Å². The maximum absolute atomic E-state index is 13.1. The first-order valence-corrected chi connectivity index (χ1v) is 7.85. The first-order valence-electron chi connectivity index (χ1n) is 7.48. The van der Waals surface area contributed by atoms with Gasteiger partial charge >= 0.3 is 0 Å². The maximum Gasteiger partial charge on any atom is 0.124 e. The summed E-state index contributed by atoms with van der Waals surface area (Å²) in [5.74, 6) is -0.282. The molecule has 2 rings (SSSR count). The van der Waals surface area contributed by atoms with Crippen LogP contribution >= 0.6 is 11.6 Å². The fourth-order valence-electron chi connectivity index (χ4n) is 2.69. The summed E-state index contributed by atoms with van der Waals surface area (Å²) in [4.78, 5) is 0. The van der Waals surface area contributed by atoms with Crippen LogP contribution in [0.15, 0.2) is 18.2 Å². The van der Waals surface area contributed by atoms with Gasteiger partial charge in [-0.1, -0.05) is 24.6 Å². The Balaban J connectivity index is 1.97. The van der Waals surface area contributed by atoms with Crippen LogP contribution in [0.3, 0.4) is 0 Å². The summed E-state index contributed by atoms with van der Waals surface area (Å²) < 4.78 is 18.8. The molecular formula is C16H23ClFNO. The quantitative estimate of drug-likeness (QED) is 0.823. The van der Waals surface area contributed by atoms with E-state index in [0.717, 1.165) is 50.8 Å². The van der Waals surface area contributed by atoms with Gasteiger partial charge in [0, 0.05) is 17.7 Å². The molecule has 1 saturated heterocycles. The molecule has 20 heavy (non-hydrogen) atoms. The van der Waals surface area contributed by atoms with Crippen LogP contribution in [0.4, 0.5) is 4.39 Å². The Labute approximate surface area is 125 Å². The van der Waals surface area contributed by atoms with Crippen LogP contribution in [0.2, 0.25) is 5.02 Å². The smallest absolute Gasteiger partial charge is 0.124 e. The monoisotopic (exact) mass is 299 g/mol. The van der Waals surface area contributed by atoms with E-state index in [0.29, 0.717) is 17.2 Å². The molecule has 1 aliphatic rings. The topological polar surface area (TPSA) is 21.3 Å². The molecule has 0 saturated carbocycles. The Morgan fingerprint density at radius 1 is 1.50 bits per heavy atom. The third-order valence-electron chi connectivity index (χ3n) is 3.74. The fourth-order valence-corrected chi connectivity index (χ4v) is 2.93. The highest BCUT2D eigenvalue weighted by atomic mass is 35.5. The Bertz CT molecular complexity index is 421. The summed E-state index contributed by atoms with van der Waals surface area (Å²) in [6.45, 7) is 4.01. The molecule has 112 valence electrons. The number of hydrogen-bond donors (Lipinski definition) is 1. The van der Waals surface area contributed by atoms with E-state index in [1.165, 1.54) is 12.1 Å². The molecule has 0 radical (unpaired) electrons. The molecule has 2 unspecified atom stereocenters. The molecule has 0 amide bonds. The van der Waals surface area contributed by atoms with Crippen molar-refractivity contribution >= 4 is 11.6 Å². The van der Waals surface area contributed by atoms with Crippen molar-refractivity contribution in [3.63, 3.8) is 0 Å². The van der Waals surface area contributed by atoms with E-state index in [-0.39, 0.29) is 5.82 Å². The normalized spacial score (nSPS) is 20.2. The third kappa shape index (κ3) is 4.72. The minimum Gasteiger partial charge on any atom is -0.378 e. The molecule has 1 aliphatic heterocycles. The molecule has 0 spiro atoms. The van der Waals surface area contributed by atoms with Crippen molar-refractivity contribution in [2.45, 2.75) is 51.2 Å². The van der Waals surface area contributed by atoms with Gasteiger partial charge in [0.05, 0.1) is 6.10 Å². The number of ether oxygens (including phenoxy) is 1. The predicted octanol–water partition coefficient (Wildman–Crippen LogP) is 3.96. The van der Waals surface area contributed by atoms with E-state index < -0.39 is 0 Å². The Hall–Kier alpha value is -0.640. The van der Waals surface area contributed by atoms with Crippen molar-refractivity contribution in [2.24, 2.45) is 0 Å². The van der Waals surface area contributed by atoms with Crippen molar-refractivity contribution < 1.29 is 9.13 Å². The van der Waals surface area contributed by atoms with Gasteiger partial charge in [0.25, 0.3) is 0 Å². The summed E-state index contributed by atoms with van der Waals surface area (Å²) in [7, 11) is 0. The van der Waals surface area contributed by atoms with Crippen molar-refractivity contribution in [1.29, 1.82) is 0 Å². The summed E-state index contributed by atoms with van der Waals surface area (Å²) >= 11 is 6.13. The second kappa shape index (κ2) is 7.96. The van der Waals surface area contributed by atoms with Gasteiger partial charge in [-0.2, -0.15) is 0 Å². The molecule has 1 N–H and O–H groups in total. The molecular weight excluding hydrogens is 277 g/mol.